The second-order valence-electron chi connectivity index (χ2n) is 8.46. The number of amides is 1. The van der Waals surface area contributed by atoms with E-state index >= 15 is 0 Å². The van der Waals surface area contributed by atoms with Crippen molar-refractivity contribution in [1.29, 1.82) is 0 Å². The van der Waals surface area contributed by atoms with Gasteiger partial charge in [0, 0.05) is 17.2 Å². The molecule has 0 saturated heterocycles. The first kappa shape index (κ1) is 22.5. The SMILES string of the molecule is COc1ccc(CN2C(=O)C(O)=C(c3ccccc3)[C@@H]2c2ccc(C(C)C)cc2)c(OC)c1. The van der Waals surface area contributed by atoms with E-state index in [0.717, 1.165) is 16.7 Å². The molecule has 0 fully saturated rings. The summed E-state index contributed by atoms with van der Waals surface area (Å²) in [5.41, 5.74) is 4.44. The smallest absolute Gasteiger partial charge is 0.290 e. The van der Waals surface area contributed by atoms with E-state index in [0.29, 0.717) is 23.0 Å². The van der Waals surface area contributed by atoms with Crippen LogP contribution in [0.4, 0.5) is 0 Å². The molecule has 5 nitrogen and oxygen atoms in total. The normalized spacial score (nSPS) is 16.0. The van der Waals surface area contributed by atoms with Crippen molar-refractivity contribution in [2.45, 2.75) is 32.4 Å². The monoisotopic (exact) mass is 443 g/mol. The zero-order valence-corrected chi connectivity index (χ0v) is 19.4. The van der Waals surface area contributed by atoms with Crippen molar-refractivity contribution in [2.75, 3.05) is 14.2 Å². The van der Waals surface area contributed by atoms with Gasteiger partial charge in [-0.3, -0.25) is 4.79 Å². The molecule has 1 aliphatic heterocycles. The molecular weight excluding hydrogens is 414 g/mol. The third-order valence-corrected chi connectivity index (χ3v) is 6.14. The third-order valence-electron chi connectivity index (χ3n) is 6.14. The minimum absolute atomic E-state index is 0.216. The molecule has 3 aromatic rings. The van der Waals surface area contributed by atoms with Gasteiger partial charge in [0.2, 0.25) is 0 Å². The summed E-state index contributed by atoms with van der Waals surface area (Å²) in [6, 6.07) is 23.0. The van der Waals surface area contributed by atoms with Gasteiger partial charge in [0.05, 0.1) is 26.8 Å². The number of methoxy groups -OCH3 is 2. The second kappa shape index (κ2) is 9.41. The van der Waals surface area contributed by atoms with Crippen molar-refractivity contribution in [2.24, 2.45) is 0 Å². The lowest BCUT2D eigenvalue weighted by Crippen LogP contribution is -2.30. The molecule has 1 N–H and O–H groups in total. The zero-order chi connectivity index (χ0) is 23.5. The van der Waals surface area contributed by atoms with Crippen LogP contribution < -0.4 is 9.47 Å². The van der Waals surface area contributed by atoms with Crippen molar-refractivity contribution >= 4 is 11.5 Å². The van der Waals surface area contributed by atoms with Gasteiger partial charge in [0.1, 0.15) is 11.5 Å². The summed E-state index contributed by atoms with van der Waals surface area (Å²) in [6.07, 6.45) is 0. The Morgan fingerprint density at radius 1 is 0.939 bits per heavy atom. The fraction of sp³-hybridized carbons (Fsp3) is 0.250. The number of aliphatic hydroxyl groups is 1. The standard InChI is InChI=1S/C28H29NO4/c1-18(2)19-10-12-21(13-11-19)26-25(20-8-6-5-7-9-20)27(30)28(31)29(26)17-22-14-15-23(32-3)16-24(22)33-4/h5-16,18,26,30H,17H2,1-4H3/t26-/m0/s1. The van der Waals surface area contributed by atoms with Gasteiger partial charge in [0.15, 0.2) is 5.76 Å². The first-order valence-electron chi connectivity index (χ1n) is 11.0. The van der Waals surface area contributed by atoms with Crippen LogP contribution >= 0.6 is 0 Å². The topological polar surface area (TPSA) is 59.0 Å². The molecule has 0 aliphatic carbocycles. The van der Waals surface area contributed by atoms with Crippen LogP contribution in [0.2, 0.25) is 0 Å². The Morgan fingerprint density at radius 3 is 2.24 bits per heavy atom. The molecule has 1 aliphatic rings. The predicted octanol–water partition coefficient (Wildman–Crippen LogP) is 5.88. The summed E-state index contributed by atoms with van der Waals surface area (Å²) in [5, 5.41) is 11.0. The molecule has 1 atom stereocenters. The molecule has 0 radical (unpaired) electrons. The Labute approximate surface area is 194 Å². The lowest BCUT2D eigenvalue weighted by Gasteiger charge is -2.28. The molecule has 1 heterocycles. The Kier molecular flexibility index (Phi) is 6.40. The van der Waals surface area contributed by atoms with Gasteiger partial charge in [-0.15, -0.1) is 0 Å². The third kappa shape index (κ3) is 4.31. The fourth-order valence-electron chi connectivity index (χ4n) is 4.31. The van der Waals surface area contributed by atoms with Gasteiger partial charge >= 0.3 is 0 Å². The van der Waals surface area contributed by atoms with Crippen LogP contribution in [-0.4, -0.2) is 30.1 Å². The van der Waals surface area contributed by atoms with E-state index < -0.39 is 11.9 Å². The number of hydrogen-bond donors (Lipinski definition) is 1. The highest BCUT2D eigenvalue weighted by molar-refractivity contribution is 6.05. The van der Waals surface area contributed by atoms with Crippen LogP contribution in [0, 0.1) is 0 Å². The molecule has 0 bridgehead atoms. The molecule has 33 heavy (non-hydrogen) atoms. The number of aliphatic hydroxyl groups excluding tert-OH is 1. The number of hydrogen-bond acceptors (Lipinski definition) is 4. The summed E-state index contributed by atoms with van der Waals surface area (Å²) < 4.78 is 10.9. The number of nitrogens with zero attached hydrogens (tertiary/aromatic N) is 1. The molecule has 3 aromatic carbocycles. The highest BCUT2D eigenvalue weighted by atomic mass is 16.5. The van der Waals surface area contributed by atoms with E-state index in [-0.39, 0.29) is 12.3 Å². The molecule has 0 unspecified atom stereocenters. The summed E-state index contributed by atoms with van der Waals surface area (Å²) in [4.78, 5) is 15.0. The van der Waals surface area contributed by atoms with E-state index in [2.05, 4.69) is 26.0 Å². The molecule has 0 saturated carbocycles. The minimum Gasteiger partial charge on any atom is -0.503 e. The zero-order valence-electron chi connectivity index (χ0n) is 19.4. The highest BCUT2D eigenvalue weighted by Gasteiger charge is 2.41. The van der Waals surface area contributed by atoms with E-state index in [4.69, 9.17) is 9.47 Å². The molecular formula is C28H29NO4. The van der Waals surface area contributed by atoms with E-state index in [1.54, 1.807) is 25.2 Å². The Bertz CT molecular complexity index is 1170. The van der Waals surface area contributed by atoms with Crippen molar-refractivity contribution < 1.29 is 19.4 Å². The summed E-state index contributed by atoms with van der Waals surface area (Å²) in [5.74, 6) is 1.09. The van der Waals surface area contributed by atoms with Gasteiger partial charge in [-0.05, 0) is 34.7 Å². The first-order valence-corrected chi connectivity index (χ1v) is 11.0. The number of benzene rings is 3. The highest BCUT2D eigenvalue weighted by Crippen LogP contribution is 2.44. The predicted molar refractivity (Wildman–Crippen MR) is 129 cm³/mol. The number of carbonyl (C=O) groups is 1. The van der Waals surface area contributed by atoms with Crippen LogP contribution in [0.5, 0.6) is 11.5 Å². The van der Waals surface area contributed by atoms with Gasteiger partial charge < -0.3 is 19.5 Å². The molecule has 170 valence electrons. The first-order chi connectivity index (χ1) is 15.9. The van der Waals surface area contributed by atoms with Crippen LogP contribution in [0.1, 0.15) is 48.1 Å². The van der Waals surface area contributed by atoms with Crippen LogP contribution in [0.15, 0.2) is 78.6 Å². The fourth-order valence-corrected chi connectivity index (χ4v) is 4.31. The summed E-state index contributed by atoms with van der Waals surface area (Å²) in [6.45, 7) is 4.58. The Hall–Kier alpha value is -3.73. The van der Waals surface area contributed by atoms with Crippen molar-refractivity contribution in [3.05, 3.63) is 101 Å². The van der Waals surface area contributed by atoms with Gasteiger partial charge in [0.25, 0.3) is 5.91 Å². The lowest BCUT2D eigenvalue weighted by molar-refractivity contribution is -0.130. The van der Waals surface area contributed by atoms with E-state index in [1.807, 2.05) is 54.6 Å². The van der Waals surface area contributed by atoms with Crippen LogP contribution in [0.25, 0.3) is 5.57 Å². The van der Waals surface area contributed by atoms with Gasteiger partial charge in [-0.2, -0.15) is 0 Å². The molecule has 0 spiro atoms. The maximum Gasteiger partial charge on any atom is 0.290 e. The van der Waals surface area contributed by atoms with E-state index in [1.165, 1.54) is 5.56 Å². The average molecular weight is 444 g/mol. The Balaban J connectivity index is 1.80. The quantitative estimate of drug-likeness (QED) is 0.495. The number of carbonyl (C=O) groups excluding carboxylic acids is 1. The average Bonchev–Trinajstić information content (AvgIpc) is 3.09. The largest absolute Gasteiger partial charge is 0.503 e. The Morgan fingerprint density at radius 2 is 1.64 bits per heavy atom. The summed E-state index contributed by atoms with van der Waals surface area (Å²) in [7, 11) is 3.20. The molecule has 1 amide bonds. The lowest BCUT2D eigenvalue weighted by atomic mass is 9.91. The van der Waals surface area contributed by atoms with Crippen LogP contribution in [0.3, 0.4) is 0 Å². The maximum absolute atomic E-state index is 13.3. The molecule has 4 rings (SSSR count). The van der Waals surface area contributed by atoms with Gasteiger partial charge in [-0.1, -0.05) is 68.4 Å². The number of ether oxygens (including phenoxy) is 2. The van der Waals surface area contributed by atoms with Crippen LogP contribution in [-0.2, 0) is 11.3 Å². The minimum atomic E-state index is -0.423. The molecule has 5 heteroatoms. The van der Waals surface area contributed by atoms with Crippen molar-refractivity contribution in [1.82, 2.24) is 4.90 Å². The van der Waals surface area contributed by atoms with Crippen molar-refractivity contribution in [3.8, 4) is 11.5 Å². The summed E-state index contributed by atoms with van der Waals surface area (Å²) >= 11 is 0. The maximum atomic E-state index is 13.3. The second-order valence-corrected chi connectivity index (χ2v) is 8.46. The number of rotatable bonds is 7. The molecule has 0 aromatic heterocycles. The van der Waals surface area contributed by atoms with Crippen molar-refractivity contribution in [3.63, 3.8) is 0 Å². The van der Waals surface area contributed by atoms with Gasteiger partial charge in [-0.25, -0.2) is 0 Å². The van der Waals surface area contributed by atoms with E-state index in [9.17, 15) is 9.90 Å².